The summed E-state index contributed by atoms with van der Waals surface area (Å²) >= 11 is 0. The Bertz CT molecular complexity index is 823. The molecule has 0 radical (unpaired) electrons. The Morgan fingerprint density at radius 2 is 1.67 bits per heavy atom. The van der Waals surface area contributed by atoms with Gasteiger partial charge in [0.2, 0.25) is 0 Å². The molecule has 1 aliphatic heterocycles. The number of benzene rings is 2. The molecule has 2 aromatic rings. The zero-order valence-corrected chi connectivity index (χ0v) is 18.7. The van der Waals surface area contributed by atoms with E-state index in [0.717, 1.165) is 68.8 Å². The van der Waals surface area contributed by atoms with E-state index < -0.39 is 0 Å². The summed E-state index contributed by atoms with van der Waals surface area (Å²) in [6.45, 7) is 10.8. The Morgan fingerprint density at radius 1 is 1.00 bits per heavy atom. The van der Waals surface area contributed by atoms with E-state index in [0.29, 0.717) is 6.54 Å². The van der Waals surface area contributed by atoms with Gasteiger partial charge in [-0.2, -0.15) is 0 Å². The molecule has 5 nitrogen and oxygen atoms in total. The standard InChI is InChI=1S/C25H36N4O/c1-20-16-21(2)18-23(17-20)25(30)27(3)10-6-7-11-28-12-14-29(15-13-28)24-9-5-4-8-22(24)19-26/h4-5,8-9,16-18H,6-7,10-15,19,26H2,1-3H3. The molecule has 1 heterocycles. The van der Waals surface area contributed by atoms with Crippen LogP contribution < -0.4 is 10.6 Å². The highest BCUT2D eigenvalue weighted by molar-refractivity contribution is 5.94. The molecule has 0 atom stereocenters. The number of nitrogens with two attached hydrogens (primary N) is 1. The molecule has 0 aliphatic carbocycles. The number of rotatable bonds is 8. The zero-order valence-electron chi connectivity index (χ0n) is 18.7. The third-order valence-corrected chi connectivity index (χ3v) is 5.96. The van der Waals surface area contributed by atoms with Crippen molar-refractivity contribution >= 4 is 11.6 Å². The normalized spacial score (nSPS) is 14.7. The molecule has 2 aromatic carbocycles. The predicted octanol–water partition coefficient (Wildman–Crippen LogP) is 3.44. The fourth-order valence-electron chi connectivity index (χ4n) is 4.31. The molecule has 1 fully saturated rings. The lowest BCUT2D eigenvalue weighted by atomic mass is 10.1. The third-order valence-electron chi connectivity index (χ3n) is 5.96. The average molecular weight is 409 g/mol. The molecule has 1 saturated heterocycles. The summed E-state index contributed by atoms with van der Waals surface area (Å²) in [6.07, 6.45) is 2.15. The fourth-order valence-corrected chi connectivity index (χ4v) is 4.31. The molecule has 5 heteroatoms. The Hall–Kier alpha value is -2.37. The number of para-hydroxylation sites is 1. The van der Waals surface area contributed by atoms with Gasteiger partial charge in [0.15, 0.2) is 0 Å². The number of nitrogens with zero attached hydrogens (tertiary/aromatic N) is 3. The van der Waals surface area contributed by atoms with E-state index in [9.17, 15) is 4.79 Å². The van der Waals surface area contributed by atoms with Gasteiger partial charge in [-0.25, -0.2) is 0 Å². The molecular weight excluding hydrogens is 372 g/mol. The maximum Gasteiger partial charge on any atom is 0.253 e. The van der Waals surface area contributed by atoms with Crippen molar-refractivity contribution in [2.45, 2.75) is 33.2 Å². The second kappa shape index (κ2) is 10.6. The van der Waals surface area contributed by atoms with Crippen LogP contribution >= 0.6 is 0 Å². The molecule has 1 amide bonds. The van der Waals surface area contributed by atoms with Crippen molar-refractivity contribution in [2.24, 2.45) is 5.73 Å². The van der Waals surface area contributed by atoms with E-state index in [2.05, 4.69) is 40.1 Å². The number of anilines is 1. The quantitative estimate of drug-likeness (QED) is 0.680. The van der Waals surface area contributed by atoms with E-state index in [1.54, 1.807) is 0 Å². The summed E-state index contributed by atoms with van der Waals surface area (Å²) in [4.78, 5) is 19.5. The first-order valence-corrected chi connectivity index (χ1v) is 11.1. The van der Waals surface area contributed by atoms with Gasteiger partial charge in [0.05, 0.1) is 0 Å². The van der Waals surface area contributed by atoms with Crippen molar-refractivity contribution in [3.05, 3.63) is 64.7 Å². The minimum atomic E-state index is 0.119. The molecule has 0 bridgehead atoms. The Balaban J connectivity index is 1.38. The SMILES string of the molecule is Cc1cc(C)cc(C(=O)N(C)CCCCN2CCN(c3ccccc3CN)CC2)c1. The number of aryl methyl sites for hydroxylation is 2. The Morgan fingerprint density at radius 3 is 2.33 bits per heavy atom. The lowest BCUT2D eigenvalue weighted by Gasteiger charge is -2.37. The van der Waals surface area contributed by atoms with Crippen molar-refractivity contribution in [1.82, 2.24) is 9.80 Å². The highest BCUT2D eigenvalue weighted by Gasteiger charge is 2.18. The molecule has 2 N–H and O–H groups in total. The molecule has 0 spiro atoms. The van der Waals surface area contributed by atoms with Gasteiger partial charge in [-0.3, -0.25) is 9.69 Å². The second-order valence-electron chi connectivity index (χ2n) is 8.47. The van der Waals surface area contributed by atoms with Crippen LogP contribution in [0.5, 0.6) is 0 Å². The first kappa shape index (κ1) is 22.3. The average Bonchev–Trinajstić information content (AvgIpc) is 2.75. The van der Waals surface area contributed by atoms with E-state index in [4.69, 9.17) is 5.73 Å². The monoisotopic (exact) mass is 408 g/mol. The van der Waals surface area contributed by atoms with E-state index >= 15 is 0 Å². The van der Waals surface area contributed by atoms with Crippen LogP contribution in [0.25, 0.3) is 0 Å². The number of amides is 1. The molecule has 3 rings (SSSR count). The highest BCUT2D eigenvalue weighted by Crippen LogP contribution is 2.21. The molecule has 1 aliphatic rings. The Labute approximate surface area is 181 Å². The summed E-state index contributed by atoms with van der Waals surface area (Å²) in [5.74, 6) is 0.119. The summed E-state index contributed by atoms with van der Waals surface area (Å²) in [7, 11) is 1.91. The largest absolute Gasteiger partial charge is 0.369 e. The molecule has 0 saturated carbocycles. The summed E-state index contributed by atoms with van der Waals surface area (Å²) in [5, 5.41) is 0. The van der Waals surface area contributed by atoms with Gasteiger partial charge in [-0.15, -0.1) is 0 Å². The maximum absolute atomic E-state index is 12.7. The van der Waals surface area contributed by atoms with Crippen molar-refractivity contribution in [3.63, 3.8) is 0 Å². The van der Waals surface area contributed by atoms with Crippen molar-refractivity contribution in [3.8, 4) is 0 Å². The van der Waals surface area contributed by atoms with Gasteiger partial charge in [-0.05, 0) is 57.0 Å². The van der Waals surface area contributed by atoms with Crippen molar-refractivity contribution in [2.75, 3.05) is 51.2 Å². The van der Waals surface area contributed by atoms with Crippen molar-refractivity contribution < 1.29 is 4.79 Å². The smallest absolute Gasteiger partial charge is 0.253 e. The lowest BCUT2D eigenvalue weighted by Crippen LogP contribution is -2.47. The lowest BCUT2D eigenvalue weighted by molar-refractivity contribution is 0.0791. The minimum Gasteiger partial charge on any atom is -0.369 e. The van der Waals surface area contributed by atoms with Gasteiger partial charge in [0.25, 0.3) is 5.91 Å². The summed E-state index contributed by atoms with van der Waals surface area (Å²) in [6, 6.07) is 14.5. The maximum atomic E-state index is 12.7. The Kier molecular flexibility index (Phi) is 7.88. The molecule has 30 heavy (non-hydrogen) atoms. The van der Waals surface area contributed by atoms with Gasteiger partial charge in [0.1, 0.15) is 0 Å². The molecule has 0 aromatic heterocycles. The second-order valence-corrected chi connectivity index (χ2v) is 8.47. The first-order chi connectivity index (χ1) is 14.5. The van der Waals surface area contributed by atoms with E-state index in [1.807, 2.05) is 37.9 Å². The first-order valence-electron chi connectivity index (χ1n) is 11.1. The molecular formula is C25H36N4O. The number of carbonyl (C=O) groups excluding carboxylic acids is 1. The number of hydrogen-bond donors (Lipinski definition) is 1. The van der Waals surface area contributed by atoms with Crippen LogP contribution in [0.1, 0.15) is 39.9 Å². The summed E-state index contributed by atoms with van der Waals surface area (Å²) < 4.78 is 0. The van der Waals surface area contributed by atoms with Crippen LogP contribution in [-0.4, -0.2) is 62.0 Å². The van der Waals surface area contributed by atoms with Crippen LogP contribution in [0, 0.1) is 13.8 Å². The number of carbonyl (C=O) groups is 1. The third kappa shape index (κ3) is 5.83. The van der Waals surface area contributed by atoms with Gasteiger partial charge >= 0.3 is 0 Å². The van der Waals surface area contributed by atoms with Gasteiger partial charge < -0.3 is 15.5 Å². The van der Waals surface area contributed by atoms with Gasteiger partial charge in [0, 0.05) is 57.6 Å². The topological polar surface area (TPSA) is 52.8 Å². The molecule has 162 valence electrons. The summed E-state index contributed by atoms with van der Waals surface area (Å²) in [5.41, 5.74) is 11.5. The predicted molar refractivity (Wildman–Crippen MR) is 125 cm³/mol. The highest BCUT2D eigenvalue weighted by atomic mass is 16.2. The number of unbranched alkanes of at least 4 members (excludes halogenated alkanes) is 1. The number of piperazine rings is 1. The van der Waals surface area contributed by atoms with E-state index in [1.165, 1.54) is 11.3 Å². The van der Waals surface area contributed by atoms with E-state index in [-0.39, 0.29) is 5.91 Å². The van der Waals surface area contributed by atoms with Crippen LogP contribution in [0.2, 0.25) is 0 Å². The zero-order chi connectivity index (χ0) is 21.5. The van der Waals surface area contributed by atoms with Gasteiger partial charge in [-0.1, -0.05) is 35.4 Å². The van der Waals surface area contributed by atoms with Crippen LogP contribution in [-0.2, 0) is 6.54 Å². The van der Waals surface area contributed by atoms with Crippen LogP contribution in [0.15, 0.2) is 42.5 Å². The van der Waals surface area contributed by atoms with Crippen LogP contribution in [0.4, 0.5) is 5.69 Å². The minimum absolute atomic E-state index is 0.119. The van der Waals surface area contributed by atoms with Crippen molar-refractivity contribution in [1.29, 1.82) is 0 Å². The van der Waals surface area contributed by atoms with Crippen LogP contribution in [0.3, 0.4) is 0 Å². The molecule has 0 unspecified atom stereocenters. The number of hydrogen-bond acceptors (Lipinski definition) is 4. The fraction of sp³-hybridized carbons (Fsp3) is 0.480.